The van der Waals surface area contributed by atoms with E-state index in [-0.39, 0.29) is 5.78 Å². The SMILES string of the molecule is Cc1cc(OCc2ccccc2)c(C=CC(=O)c2ccc3c(c2)CCO3)c(OCc2ccccc2)c1. The molecule has 0 spiro atoms. The van der Waals surface area contributed by atoms with Crippen LogP contribution in [0, 0.1) is 6.92 Å². The summed E-state index contributed by atoms with van der Waals surface area (Å²) in [5, 5.41) is 0. The van der Waals surface area contributed by atoms with Crippen molar-refractivity contribution in [2.45, 2.75) is 26.6 Å². The third kappa shape index (κ3) is 5.66. The molecule has 4 aromatic carbocycles. The maximum Gasteiger partial charge on any atom is 0.185 e. The lowest BCUT2D eigenvalue weighted by atomic mass is 10.0. The molecule has 0 N–H and O–H groups in total. The van der Waals surface area contributed by atoms with Crippen LogP contribution in [0.2, 0.25) is 0 Å². The van der Waals surface area contributed by atoms with Crippen LogP contribution < -0.4 is 14.2 Å². The zero-order valence-electron chi connectivity index (χ0n) is 20.3. The molecule has 1 aliphatic rings. The van der Waals surface area contributed by atoms with Gasteiger partial charge in [-0.1, -0.05) is 60.7 Å². The van der Waals surface area contributed by atoms with Crippen LogP contribution in [0.5, 0.6) is 17.2 Å². The molecule has 4 heteroatoms. The fourth-order valence-electron chi connectivity index (χ4n) is 4.20. The zero-order chi connectivity index (χ0) is 24.7. The topological polar surface area (TPSA) is 44.8 Å². The van der Waals surface area contributed by atoms with Crippen molar-refractivity contribution in [2.75, 3.05) is 6.61 Å². The molecule has 0 fully saturated rings. The fraction of sp³-hybridized carbons (Fsp3) is 0.156. The molecule has 36 heavy (non-hydrogen) atoms. The van der Waals surface area contributed by atoms with Crippen molar-refractivity contribution in [3.05, 3.63) is 130 Å². The van der Waals surface area contributed by atoms with Crippen LogP contribution in [-0.4, -0.2) is 12.4 Å². The number of hydrogen-bond donors (Lipinski definition) is 0. The van der Waals surface area contributed by atoms with Gasteiger partial charge in [0, 0.05) is 12.0 Å². The van der Waals surface area contributed by atoms with Gasteiger partial charge in [-0.3, -0.25) is 4.79 Å². The Bertz CT molecular complexity index is 1310. The molecule has 0 aliphatic carbocycles. The van der Waals surface area contributed by atoms with Crippen LogP contribution in [0.3, 0.4) is 0 Å². The maximum atomic E-state index is 13.1. The lowest BCUT2D eigenvalue weighted by molar-refractivity contribution is 0.104. The van der Waals surface area contributed by atoms with Crippen molar-refractivity contribution < 1.29 is 19.0 Å². The number of fused-ring (bicyclic) bond motifs is 1. The molecular formula is C32H28O4. The number of aryl methyl sites for hydroxylation is 1. The van der Waals surface area contributed by atoms with E-state index in [9.17, 15) is 4.79 Å². The van der Waals surface area contributed by atoms with E-state index in [1.54, 1.807) is 12.2 Å². The van der Waals surface area contributed by atoms with Crippen LogP contribution in [0.4, 0.5) is 0 Å². The summed E-state index contributed by atoms with van der Waals surface area (Å²) in [6, 6.07) is 29.6. The van der Waals surface area contributed by atoms with E-state index in [4.69, 9.17) is 14.2 Å². The molecule has 5 rings (SSSR count). The highest BCUT2D eigenvalue weighted by Gasteiger charge is 2.15. The van der Waals surface area contributed by atoms with E-state index in [0.717, 1.165) is 40.0 Å². The molecule has 4 nitrogen and oxygen atoms in total. The van der Waals surface area contributed by atoms with Gasteiger partial charge in [0.1, 0.15) is 30.5 Å². The minimum atomic E-state index is -0.0757. The summed E-state index contributed by atoms with van der Waals surface area (Å²) in [6.45, 7) is 3.51. The van der Waals surface area contributed by atoms with Gasteiger partial charge in [0.15, 0.2) is 5.78 Å². The van der Waals surface area contributed by atoms with Gasteiger partial charge in [-0.25, -0.2) is 0 Å². The van der Waals surface area contributed by atoms with Gasteiger partial charge in [-0.15, -0.1) is 0 Å². The van der Waals surface area contributed by atoms with Crippen LogP contribution >= 0.6 is 0 Å². The number of carbonyl (C=O) groups is 1. The third-order valence-electron chi connectivity index (χ3n) is 6.10. The normalized spacial score (nSPS) is 12.2. The molecular weight excluding hydrogens is 448 g/mol. The molecule has 0 radical (unpaired) electrons. The first-order valence-corrected chi connectivity index (χ1v) is 12.1. The Balaban J connectivity index is 1.44. The molecule has 0 atom stereocenters. The largest absolute Gasteiger partial charge is 0.493 e. The molecule has 0 bridgehead atoms. The second-order valence-electron chi connectivity index (χ2n) is 8.84. The molecule has 1 aliphatic heterocycles. The van der Waals surface area contributed by atoms with Gasteiger partial charge in [-0.05, 0) is 71.7 Å². The van der Waals surface area contributed by atoms with Crippen molar-refractivity contribution in [1.82, 2.24) is 0 Å². The molecule has 0 aromatic heterocycles. The van der Waals surface area contributed by atoms with Crippen LogP contribution in [-0.2, 0) is 19.6 Å². The Kier molecular flexibility index (Phi) is 7.13. The highest BCUT2D eigenvalue weighted by molar-refractivity contribution is 6.07. The standard InChI is InChI=1S/C32H28O4/c1-23-18-31(35-21-24-8-4-2-5-9-24)28(32(19-23)36-22-25-10-6-3-7-11-25)13-14-29(33)26-12-15-30-27(20-26)16-17-34-30/h2-15,18-20H,16-17,21-22H2,1H3. The highest BCUT2D eigenvalue weighted by atomic mass is 16.5. The summed E-state index contributed by atoms with van der Waals surface area (Å²) >= 11 is 0. The lowest BCUT2D eigenvalue weighted by Gasteiger charge is -2.16. The summed E-state index contributed by atoms with van der Waals surface area (Å²) in [6.07, 6.45) is 4.21. The monoisotopic (exact) mass is 476 g/mol. The average Bonchev–Trinajstić information content (AvgIpc) is 3.39. The number of carbonyl (C=O) groups excluding carboxylic acids is 1. The van der Waals surface area contributed by atoms with Crippen LogP contribution in [0.25, 0.3) is 6.08 Å². The van der Waals surface area contributed by atoms with Crippen molar-refractivity contribution in [3.8, 4) is 17.2 Å². The minimum absolute atomic E-state index is 0.0757. The van der Waals surface area contributed by atoms with E-state index in [2.05, 4.69) is 0 Å². The van der Waals surface area contributed by atoms with Crippen molar-refractivity contribution in [2.24, 2.45) is 0 Å². The van der Waals surface area contributed by atoms with Gasteiger partial charge in [-0.2, -0.15) is 0 Å². The first-order valence-electron chi connectivity index (χ1n) is 12.1. The Morgan fingerprint density at radius 3 is 2.06 bits per heavy atom. The number of ketones is 1. The van der Waals surface area contributed by atoms with E-state index >= 15 is 0 Å². The molecule has 0 amide bonds. The molecule has 0 saturated carbocycles. The zero-order valence-corrected chi connectivity index (χ0v) is 20.3. The summed E-state index contributed by atoms with van der Waals surface area (Å²) in [7, 11) is 0. The summed E-state index contributed by atoms with van der Waals surface area (Å²) in [4.78, 5) is 13.1. The highest BCUT2D eigenvalue weighted by Crippen LogP contribution is 2.34. The molecule has 1 heterocycles. The third-order valence-corrected chi connectivity index (χ3v) is 6.10. The average molecular weight is 477 g/mol. The van der Waals surface area contributed by atoms with E-state index < -0.39 is 0 Å². The molecule has 0 unspecified atom stereocenters. The number of allylic oxidation sites excluding steroid dienone is 1. The number of benzene rings is 4. The minimum Gasteiger partial charge on any atom is -0.493 e. The predicted octanol–water partition coefficient (Wildman–Crippen LogP) is 6.98. The summed E-state index contributed by atoms with van der Waals surface area (Å²) < 4.78 is 18.0. The maximum absolute atomic E-state index is 13.1. The van der Waals surface area contributed by atoms with Gasteiger partial charge in [0.2, 0.25) is 0 Å². The smallest absolute Gasteiger partial charge is 0.185 e. The molecule has 0 saturated heterocycles. The Morgan fingerprint density at radius 1 is 0.833 bits per heavy atom. The van der Waals surface area contributed by atoms with Crippen molar-refractivity contribution in [1.29, 1.82) is 0 Å². The summed E-state index contributed by atoms with van der Waals surface area (Å²) in [5.41, 5.74) is 5.60. The lowest BCUT2D eigenvalue weighted by Crippen LogP contribution is -2.02. The predicted molar refractivity (Wildman–Crippen MR) is 142 cm³/mol. The first kappa shape index (κ1) is 23.4. The number of ether oxygens (including phenoxy) is 3. The van der Waals surface area contributed by atoms with E-state index in [1.165, 1.54) is 0 Å². The second kappa shape index (κ2) is 11.0. The van der Waals surface area contributed by atoms with Crippen LogP contribution in [0.1, 0.15) is 38.2 Å². The van der Waals surface area contributed by atoms with Crippen molar-refractivity contribution in [3.63, 3.8) is 0 Å². The van der Waals surface area contributed by atoms with Gasteiger partial charge in [0.05, 0.1) is 12.2 Å². The van der Waals surface area contributed by atoms with Gasteiger partial charge >= 0.3 is 0 Å². The number of hydrogen-bond acceptors (Lipinski definition) is 4. The quantitative estimate of drug-likeness (QED) is 0.193. The van der Waals surface area contributed by atoms with Gasteiger partial charge in [0.25, 0.3) is 0 Å². The van der Waals surface area contributed by atoms with Gasteiger partial charge < -0.3 is 14.2 Å². The van der Waals surface area contributed by atoms with E-state index in [0.29, 0.717) is 36.9 Å². The van der Waals surface area contributed by atoms with E-state index in [1.807, 2.05) is 97.9 Å². The second-order valence-corrected chi connectivity index (χ2v) is 8.84. The van der Waals surface area contributed by atoms with Crippen LogP contribution in [0.15, 0.2) is 97.1 Å². The Morgan fingerprint density at radius 2 is 1.44 bits per heavy atom. The summed E-state index contributed by atoms with van der Waals surface area (Å²) in [5.74, 6) is 2.14. The fourth-order valence-corrected chi connectivity index (χ4v) is 4.20. The Labute approximate surface area is 211 Å². The van der Waals surface area contributed by atoms with Crippen molar-refractivity contribution >= 4 is 11.9 Å². The number of rotatable bonds is 9. The molecule has 180 valence electrons. The molecule has 4 aromatic rings. The Hall–Kier alpha value is -4.31. The first-order chi connectivity index (χ1) is 17.7.